The summed E-state index contributed by atoms with van der Waals surface area (Å²) < 4.78 is 25.8. The van der Waals surface area contributed by atoms with Gasteiger partial charge in [0.2, 0.25) is 15.9 Å². The van der Waals surface area contributed by atoms with Crippen molar-refractivity contribution in [3.8, 4) is 5.75 Å². The molecule has 3 N–H and O–H groups in total. The second kappa shape index (κ2) is 4.71. The smallest absolute Gasteiger partial charge is 0.243 e. The Kier molecular flexibility index (Phi) is 3.38. The number of phenols is 1. The van der Waals surface area contributed by atoms with E-state index in [9.17, 15) is 18.3 Å². The van der Waals surface area contributed by atoms with E-state index in [1.165, 1.54) is 23.1 Å². The normalized spacial score (nSPS) is 17.7. The molecule has 0 saturated carbocycles. The van der Waals surface area contributed by atoms with E-state index in [0.29, 0.717) is 6.54 Å². The van der Waals surface area contributed by atoms with Crippen molar-refractivity contribution in [2.45, 2.75) is 4.90 Å². The van der Waals surface area contributed by atoms with Crippen molar-refractivity contribution in [2.75, 3.05) is 32.4 Å². The number of sulfonamides is 1. The van der Waals surface area contributed by atoms with Gasteiger partial charge in [-0.15, -0.1) is 0 Å². The molecule has 1 aliphatic rings. The largest absolute Gasteiger partial charge is 0.506 e. The van der Waals surface area contributed by atoms with Crippen LogP contribution in [0.15, 0.2) is 23.1 Å². The highest BCUT2D eigenvalue weighted by atomic mass is 32.2. The first-order valence-electron chi connectivity index (χ1n) is 5.65. The van der Waals surface area contributed by atoms with Gasteiger partial charge in [0.25, 0.3) is 0 Å². The van der Waals surface area contributed by atoms with Crippen molar-refractivity contribution in [1.82, 2.24) is 9.21 Å². The Hall–Kier alpha value is -1.80. The summed E-state index contributed by atoms with van der Waals surface area (Å²) in [5.74, 6) is -0.421. The first-order chi connectivity index (χ1) is 8.82. The molecule has 1 saturated heterocycles. The summed E-state index contributed by atoms with van der Waals surface area (Å²) in [5, 5.41) is 9.30. The molecule has 0 unspecified atom stereocenters. The summed E-state index contributed by atoms with van der Waals surface area (Å²) in [6.45, 7) is 0.413. The van der Waals surface area contributed by atoms with Gasteiger partial charge in [0, 0.05) is 20.1 Å². The van der Waals surface area contributed by atoms with Crippen LogP contribution in [0.1, 0.15) is 0 Å². The van der Waals surface area contributed by atoms with Crippen LogP contribution >= 0.6 is 0 Å². The van der Waals surface area contributed by atoms with E-state index < -0.39 is 10.0 Å². The van der Waals surface area contributed by atoms with Crippen LogP contribution in [-0.2, 0) is 14.8 Å². The van der Waals surface area contributed by atoms with Crippen LogP contribution in [0.5, 0.6) is 5.75 Å². The lowest BCUT2D eigenvalue weighted by Gasteiger charge is -2.31. The molecule has 0 bridgehead atoms. The van der Waals surface area contributed by atoms with E-state index in [2.05, 4.69) is 0 Å². The standard InChI is InChI=1S/C11H15N3O4S/c1-13-4-5-14(7-11(13)16)19(17,18)8-2-3-10(15)9(12)6-8/h2-3,6,15H,4-5,7,12H2,1H3. The number of aromatic hydroxyl groups is 1. The van der Waals surface area contributed by atoms with Crippen LogP contribution in [0.3, 0.4) is 0 Å². The lowest BCUT2D eigenvalue weighted by molar-refractivity contribution is -0.132. The fourth-order valence-electron chi connectivity index (χ4n) is 1.78. The Bertz CT molecular complexity index is 614. The summed E-state index contributed by atoms with van der Waals surface area (Å²) in [6, 6.07) is 3.68. The third-order valence-electron chi connectivity index (χ3n) is 3.06. The van der Waals surface area contributed by atoms with Gasteiger partial charge in [-0.3, -0.25) is 4.79 Å². The van der Waals surface area contributed by atoms with Crippen LogP contribution in [0.25, 0.3) is 0 Å². The third kappa shape index (κ3) is 2.49. The molecule has 2 rings (SSSR count). The number of carbonyl (C=O) groups excluding carboxylic acids is 1. The first-order valence-corrected chi connectivity index (χ1v) is 7.09. The SMILES string of the molecule is CN1CCN(S(=O)(=O)c2ccc(O)c(N)c2)CC1=O. The monoisotopic (exact) mass is 285 g/mol. The highest BCUT2D eigenvalue weighted by Crippen LogP contribution is 2.25. The minimum absolute atomic E-state index is 0.0125. The Labute approximate surface area is 111 Å². The second-order valence-electron chi connectivity index (χ2n) is 4.37. The number of likely N-dealkylation sites (N-methyl/N-ethyl adjacent to an activating group) is 1. The van der Waals surface area contributed by atoms with E-state index in [1.807, 2.05) is 0 Å². The Morgan fingerprint density at radius 2 is 2.00 bits per heavy atom. The molecule has 0 aromatic heterocycles. The molecule has 1 aromatic rings. The van der Waals surface area contributed by atoms with Gasteiger partial charge in [0.1, 0.15) is 5.75 Å². The number of nitrogens with zero attached hydrogens (tertiary/aromatic N) is 2. The van der Waals surface area contributed by atoms with Gasteiger partial charge < -0.3 is 15.7 Å². The molecular weight excluding hydrogens is 270 g/mol. The predicted octanol–water partition coefficient (Wildman–Crippen LogP) is -0.563. The molecule has 0 atom stereocenters. The maximum atomic E-state index is 12.3. The molecule has 8 heteroatoms. The number of nitrogens with two attached hydrogens (primary N) is 1. The molecule has 104 valence electrons. The van der Waals surface area contributed by atoms with Gasteiger partial charge >= 0.3 is 0 Å². The molecular formula is C11H15N3O4S. The zero-order chi connectivity index (χ0) is 14.2. The molecule has 7 nitrogen and oxygen atoms in total. The number of phenolic OH excluding ortho intramolecular Hbond substituents is 1. The van der Waals surface area contributed by atoms with Gasteiger partial charge in [-0.2, -0.15) is 4.31 Å². The molecule has 0 radical (unpaired) electrons. The highest BCUT2D eigenvalue weighted by Gasteiger charge is 2.31. The number of rotatable bonds is 2. The molecule has 19 heavy (non-hydrogen) atoms. The average Bonchev–Trinajstić information content (AvgIpc) is 2.35. The van der Waals surface area contributed by atoms with E-state index >= 15 is 0 Å². The van der Waals surface area contributed by atoms with Gasteiger partial charge in [0.15, 0.2) is 0 Å². The summed E-state index contributed by atoms with van der Waals surface area (Å²) in [6.07, 6.45) is 0. The lowest BCUT2D eigenvalue weighted by Crippen LogP contribution is -2.50. The number of nitrogen functional groups attached to an aromatic ring is 1. The fourth-order valence-corrected chi connectivity index (χ4v) is 3.20. The van der Waals surface area contributed by atoms with Gasteiger partial charge in [0.05, 0.1) is 17.1 Å². The molecule has 0 spiro atoms. The maximum absolute atomic E-state index is 12.3. The van der Waals surface area contributed by atoms with Crippen LogP contribution in [0.2, 0.25) is 0 Å². The van der Waals surface area contributed by atoms with E-state index in [0.717, 1.165) is 4.31 Å². The quantitative estimate of drug-likeness (QED) is 0.560. The molecule has 1 aliphatic heterocycles. The summed E-state index contributed by atoms with van der Waals surface area (Å²) in [5.41, 5.74) is 5.48. The molecule has 1 heterocycles. The number of piperazine rings is 1. The van der Waals surface area contributed by atoms with Crippen molar-refractivity contribution in [3.63, 3.8) is 0 Å². The zero-order valence-corrected chi connectivity index (χ0v) is 11.2. The van der Waals surface area contributed by atoms with E-state index in [1.54, 1.807) is 7.05 Å². The van der Waals surface area contributed by atoms with Crippen LogP contribution in [-0.4, -0.2) is 55.3 Å². The van der Waals surface area contributed by atoms with E-state index in [4.69, 9.17) is 5.73 Å². The van der Waals surface area contributed by atoms with Crippen molar-refractivity contribution >= 4 is 21.6 Å². The van der Waals surface area contributed by atoms with Crippen LogP contribution in [0.4, 0.5) is 5.69 Å². The minimum atomic E-state index is -3.76. The molecule has 1 amide bonds. The Morgan fingerprint density at radius 1 is 1.32 bits per heavy atom. The van der Waals surface area contributed by atoms with Gasteiger partial charge in [-0.1, -0.05) is 0 Å². The van der Waals surface area contributed by atoms with Crippen molar-refractivity contribution in [1.29, 1.82) is 0 Å². The zero-order valence-electron chi connectivity index (χ0n) is 10.4. The number of benzene rings is 1. The Balaban J connectivity index is 2.32. The van der Waals surface area contributed by atoms with Crippen molar-refractivity contribution in [3.05, 3.63) is 18.2 Å². The number of anilines is 1. The topological polar surface area (TPSA) is 104 Å². The van der Waals surface area contributed by atoms with Gasteiger partial charge in [-0.05, 0) is 18.2 Å². The van der Waals surface area contributed by atoms with Crippen molar-refractivity contribution < 1.29 is 18.3 Å². The number of carbonyl (C=O) groups is 1. The summed E-state index contributed by atoms with van der Waals surface area (Å²) in [4.78, 5) is 13.0. The fraction of sp³-hybridized carbons (Fsp3) is 0.364. The first kappa shape index (κ1) is 13.6. The highest BCUT2D eigenvalue weighted by molar-refractivity contribution is 7.89. The molecule has 0 aliphatic carbocycles. The number of hydrogen-bond acceptors (Lipinski definition) is 5. The second-order valence-corrected chi connectivity index (χ2v) is 6.31. The summed E-state index contributed by atoms with van der Waals surface area (Å²) >= 11 is 0. The molecule has 1 fully saturated rings. The maximum Gasteiger partial charge on any atom is 0.243 e. The van der Waals surface area contributed by atoms with E-state index in [-0.39, 0.29) is 35.3 Å². The molecule has 1 aromatic carbocycles. The Morgan fingerprint density at radius 3 is 2.58 bits per heavy atom. The number of hydrogen-bond donors (Lipinski definition) is 2. The minimum Gasteiger partial charge on any atom is -0.506 e. The summed E-state index contributed by atoms with van der Waals surface area (Å²) in [7, 11) is -2.13. The number of amides is 1. The third-order valence-corrected chi connectivity index (χ3v) is 4.90. The van der Waals surface area contributed by atoms with Crippen LogP contribution < -0.4 is 5.73 Å². The van der Waals surface area contributed by atoms with Crippen LogP contribution in [0, 0.1) is 0 Å². The average molecular weight is 285 g/mol. The predicted molar refractivity (Wildman–Crippen MR) is 68.9 cm³/mol. The van der Waals surface area contributed by atoms with Crippen molar-refractivity contribution in [2.24, 2.45) is 0 Å². The van der Waals surface area contributed by atoms with Gasteiger partial charge in [-0.25, -0.2) is 8.42 Å². The lowest BCUT2D eigenvalue weighted by atomic mass is 10.3.